The molecule has 1 heterocycles. The number of guanidine groups is 1. The van der Waals surface area contributed by atoms with Crippen molar-refractivity contribution >= 4 is 57.2 Å². The van der Waals surface area contributed by atoms with Crippen LogP contribution < -0.4 is 15.4 Å². The lowest BCUT2D eigenvalue weighted by molar-refractivity contribution is 0.409. The number of aliphatic imine (C=N–C) groups is 1. The number of thiazole rings is 1. The summed E-state index contributed by atoms with van der Waals surface area (Å²) in [5.41, 5.74) is 2.19. The molecule has 0 unspecified atom stereocenters. The zero-order valence-electron chi connectivity index (χ0n) is 14.9. The van der Waals surface area contributed by atoms with Gasteiger partial charge in [0.25, 0.3) is 0 Å². The van der Waals surface area contributed by atoms with Gasteiger partial charge in [-0.05, 0) is 32.0 Å². The molecular weight excluding hydrogens is 515 g/mol. The standard InChI is InChI=1S/C17H23BrN4OS.HI/c1-11-12(2)24-16(22-11)7-8-20-17(19-3)21-10-13-9-14(18)5-6-15(13)23-4;/h5-6,9H,7-8,10H2,1-4H3,(H2,19,20,21);1H. The Labute approximate surface area is 178 Å². The molecule has 0 saturated heterocycles. The predicted molar refractivity (Wildman–Crippen MR) is 120 cm³/mol. The highest BCUT2D eigenvalue weighted by Gasteiger charge is 2.06. The molecule has 0 fully saturated rings. The fraction of sp³-hybridized carbons (Fsp3) is 0.412. The van der Waals surface area contributed by atoms with Gasteiger partial charge in [0, 0.05) is 41.5 Å². The molecule has 0 radical (unpaired) electrons. The molecule has 25 heavy (non-hydrogen) atoms. The van der Waals surface area contributed by atoms with Gasteiger partial charge in [0.1, 0.15) is 5.75 Å². The van der Waals surface area contributed by atoms with Crippen molar-refractivity contribution in [1.82, 2.24) is 15.6 Å². The second kappa shape index (κ2) is 11.0. The summed E-state index contributed by atoms with van der Waals surface area (Å²) in [7, 11) is 3.45. The number of aryl methyl sites for hydroxylation is 2. The van der Waals surface area contributed by atoms with Crippen molar-refractivity contribution in [2.45, 2.75) is 26.8 Å². The highest BCUT2D eigenvalue weighted by Crippen LogP contribution is 2.22. The summed E-state index contributed by atoms with van der Waals surface area (Å²) in [6, 6.07) is 5.96. The summed E-state index contributed by atoms with van der Waals surface area (Å²) in [5.74, 6) is 1.62. The number of methoxy groups -OCH3 is 1. The van der Waals surface area contributed by atoms with Crippen molar-refractivity contribution in [3.63, 3.8) is 0 Å². The van der Waals surface area contributed by atoms with E-state index in [0.29, 0.717) is 6.54 Å². The van der Waals surface area contributed by atoms with Crippen LogP contribution in [-0.4, -0.2) is 31.6 Å². The largest absolute Gasteiger partial charge is 0.496 e. The van der Waals surface area contributed by atoms with Gasteiger partial charge in [-0.2, -0.15) is 0 Å². The fourth-order valence-electron chi connectivity index (χ4n) is 2.22. The van der Waals surface area contributed by atoms with Crippen LogP contribution in [0.3, 0.4) is 0 Å². The summed E-state index contributed by atoms with van der Waals surface area (Å²) in [5, 5.41) is 7.79. The Balaban J connectivity index is 0.00000312. The smallest absolute Gasteiger partial charge is 0.191 e. The quantitative estimate of drug-likeness (QED) is 0.331. The van der Waals surface area contributed by atoms with Crippen LogP contribution in [0.1, 0.15) is 21.1 Å². The normalized spacial score (nSPS) is 11.0. The second-order valence-electron chi connectivity index (χ2n) is 5.31. The molecule has 0 bridgehead atoms. The maximum absolute atomic E-state index is 5.39. The molecule has 1 aromatic carbocycles. The van der Waals surface area contributed by atoms with Crippen molar-refractivity contribution in [2.24, 2.45) is 4.99 Å². The molecule has 2 aromatic rings. The first-order valence-corrected chi connectivity index (χ1v) is 9.34. The first-order chi connectivity index (χ1) is 11.5. The van der Waals surface area contributed by atoms with E-state index in [1.165, 1.54) is 4.88 Å². The molecule has 2 rings (SSSR count). The molecule has 0 aliphatic carbocycles. The van der Waals surface area contributed by atoms with Crippen LogP contribution in [0.25, 0.3) is 0 Å². The van der Waals surface area contributed by atoms with E-state index in [0.717, 1.165) is 45.4 Å². The Morgan fingerprint density at radius 2 is 2.08 bits per heavy atom. The lowest BCUT2D eigenvalue weighted by Crippen LogP contribution is -2.37. The highest BCUT2D eigenvalue weighted by atomic mass is 127. The van der Waals surface area contributed by atoms with E-state index in [1.54, 1.807) is 25.5 Å². The summed E-state index contributed by atoms with van der Waals surface area (Å²) < 4.78 is 6.42. The number of rotatable bonds is 6. The Morgan fingerprint density at radius 3 is 2.68 bits per heavy atom. The Bertz CT molecular complexity index is 701. The Morgan fingerprint density at radius 1 is 1.32 bits per heavy atom. The number of benzene rings is 1. The van der Waals surface area contributed by atoms with Crippen molar-refractivity contribution in [2.75, 3.05) is 20.7 Å². The summed E-state index contributed by atoms with van der Waals surface area (Å²) in [6.07, 6.45) is 0.889. The third kappa shape index (κ3) is 6.74. The first kappa shape index (κ1) is 22.2. The van der Waals surface area contributed by atoms with Crippen LogP contribution >= 0.6 is 51.2 Å². The van der Waals surface area contributed by atoms with Gasteiger partial charge in [-0.3, -0.25) is 4.99 Å². The average Bonchev–Trinajstić information content (AvgIpc) is 2.89. The van der Waals surface area contributed by atoms with Gasteiger partial charge < -0.3 is 15.4 Å². The van der Waals surface area contributed by atoms with Gasteiger partial charge in [-0.15, -0.1) is 35.3 Å². The van der Waals surface area contributed by atoms with Crippen molar-refractivity contribution in [1.29, 1.82) is 0 Å². The minimum atomic E-state index is 0. The van der Waals surface area contributed by atoms with Crippen LogP contribution in [0.5, 0.6) is 5.75 Å². The third-order valence-corrected chi connectivity index (χ3v) is 5.24. The molecule has 0 saturated carbocycles. The fourth-order valence-corrected chi connectivity index (χ4v) is 3.56. The Hall–Kier alpha value is -0.870. The molecule has 8 heteroatoms. The maximum atomic E-state index is 5.39. The summed E-state index contributed by atoms with van der Waals surface area (Å²) >= 11 is 5.25. The van der Waals surface area contributed by atoms with E-state index in [9.17, 15) is 0 Å². The number of halogens is 2. The molecule has 1 aromatic heterocycles. The number of nitrogens with one attached hydrogen (secondary N) is 2. The number of aromatic nitrogens is 1. The van der Waals surface area contributed by atoms with Gasteiger partial charge in [-0.25, -0.2) is 4.98 Å². The minimum absolute atomic E-state index is 0. The molecule has 5 nitrogen and oxygen atoms in total. The van der Waals surface area contributed by atoms with Crippen LogP contribution in [0, 0.1) is 13.8 Å². The number of nitrogens with zero attached hydrogens (tertiary/aromatic N) is 2. The second-order valence-corrected chi connectivity index (χ2v) is 7.51. The topological polar surface area (TPSA) is 58.5 Å². The van der Waals surface area contributed by atoms with E-state index in [4.69, 9.17) is 4.74 Å². The van der Waals surface area contributed by atoms with E-state index >= 15 is 0 Å². The van der Waals surface area contributed by atoms with Crippen LogP contribution in [0.15, 0.2) is 27.7 Å². The van der Waals surface area contributed by atoms with Crippen molar-refractivity contribution < 1.29 is 4.74 Å². The lowest BCUT2D eigenvalue weighted by atomic mass is 10.2. The van der Waals surface area contributed by atoms with Gasteiger partial charge in [0.15, 0.2) is 5.96 Å². The average molecular weight is 539 g/mol. The van der Waals surface area contributed by atoms with Crippen molar-refractivity contribution in [3.8, 4) is 5.75 Å². The number of ether oxygens (including phenoxy) is 1. The van der Waals surface area contributed by atoms with E-state index in [1.807, 2.05) is 18.2 Å². The highest BCUT2D eigenvalue weighted by molar-refractivity contribution is 14.0. The summed E-state index contributed by atoms with van der Waals surface area (Å²) in [4.78, 5) is 10.1. The molecule has 0 aliphatic rings. The lowest BCUT2D eigenvalue weighted by Gasteiger charge is -2.13. The predicted octanol–water partition coefficient (Wildman–Crippen LogP) is 4.06. The van der Waals surface area contributed by atoms with E-state index < -0.39 is 0 Å². The minimum Gasteiger partial charge on any atom is -0.496 e. The zero-order valence-corrected chi connectivity index (χ0v) is 19.6. The first-order valence-electron chi connectivity index (χ1n) is 7.73. The molecule has 0 spiro atoms. The monoisotopic (exact) mass is 538 g/mol. The maximum Gasteiger partial charge on any atom is 0.191 e. The van der Waals surface area contributed by atoms with E-state index in [2.05, 4.69) is 50.4 Å². The third-order valence-electron chi connectivity index (χ3n) is 3.62. The zero-order chi connectivity index (χ0) is 17.5. The van der Waals surface area contributed by atoms with Gasteiger partial charge >= 0.3 is 0 Å². The Kier molecular flexibility index (Phi) is 9.73. The van der Waals surface area contributed by atoms with Gasteiger partial charge in [0.05, 0.1) is 17.8 Å². The molecule has 0 atom stereocenters. The van der Waals surface area contributed by atoms with Crippen LogP contribution in [0.4, 0.5) is 0 Å². The summed E-state index contributed by atoms with van der Waals surface area (Å²) in [6.45, 7) is 5.59. The number of hydrogen-bond acceptors (Lipinski definition) is 4. The molecule has 138 valence electrons. The SMILES string of the molecule is CN=C(NCCc1nc(C)c(C)s1)NCc1cc(Br)ccc1OC.I. The van der Waals surface area contributed by atoms with Gasteiger partial charge in [-0.1, -0.05) is 15.9 Å². The van der Waals surface area contributed by atoms with Crippen molar-refractivity contribution in [3.05, 3.63) is 43.8 Å². The van der Waals surface area contributed by atoms with Crippen LogP contribution in [-0.2, 0) is 13.0 Å². The molecule has 0 aliphatic heterocycles. The van der Waals surface area contributed by atoms with Gasteiger partial charge in [0.2, 0.25) is 0 Å². The van der Waals surface area contributed by atoms with E-state index in [-0.39, 0.29) is 24.0 Å². The molecular formula is C17H24BrIN4OS. The number of hydrogen-bond donors (Lipinski definition) is 2. The molecule has 2 N–H and O–H groups in total. The molecule has 0 amide bonds. The van der Waals surface area contributed by atoms with Crippen LogP contribution in [0.2, 0.25) is 0 Å².